The Morgan fingerprint density at radius 2 is 2.00 bits per heavy atom. The van der Waals surface area contributed by atoms with E-state index in [9.17, 15) is 4.57 Å². The van der Waals surface area contributed by atoms with E-state index in [1.165, 1.54) is 0 Å². The summed E-state index contributed by atoms with van der Waals surface area (Å²) in [5, 5.41) is 0. The molecule has 0 saturated heterocycles. The Hall–Kier alpha value is 0.640. The van der Waals surface area contributed by atoms with Crippen LogP contribution >= 0.6 is 40.2 Å². The first-order chi connectivity index (χ1) is 5.10. The maximum atomic E-state index is 10.7. The fourth-order valence-corrected chi connectivity index (χ4v) is 1.75. The third kappa shape index (κ3) is 8.73. The molecule has 0 amide bonds. The zero-order valence-electron chi connectivity index (χ0n) is 6.81. The van der Waals surface area contributed by atoms with E-state index in [-0.39, 0.29) is 5.76 Å². The van der Waals surface area contributed by atoms with Crippen molar-refractivity contribution in [2.75, 3.05) is 0 Å². The summed E-state index contributed by atoms with van der Waals surface area (Å²) in [6, 6.07) is 0. The second-order valence-electron chi connectivity index (χ2n) is 2.94. The quantitative estimate of drug-likeness (QED) is 0.417. The van der Waals surface area contributed by atoms with Gasteiger partial charge in [-0.25, -0.2) is 4.57 Å². The normalized spacial score (nSPS) is 12.8. The van der Waals surface area contributed by atoms with E-state index in [2.05, 4.69) is 11.1 Å². The van der Waals surface area contributed by atoms with E-state index < -0.39 is 10.9 Å². The first-order valence-electron chi connectivity index (χ1n) is 3.16. The van der Waals surface area contributed by atoms with Crippen molar-refractivity contribution in [3.8, 4) is 0 Å². The Kier molecular flexibility index (Phi) is 4.46. The van der Waals surface area contributed by atoms with Crippen molar-refractivity contribution in [2.45, 2.75) is 25.1 Å². The van der Waals surface area contributed by atoms with Gasteiger partial charge in [0.1, 0.15) is 5.76 Å². The van der Waals surface area contributed by atoms with Crippen LogP contribution in [0.2, 0.25) is 0 Å². The molecule has 0 aromatic carbocycles. The van der Waals surface area contributed by atoms with Gasteiger partial charge < -0.3 is 4.52 Å². The molecule has 0 aliphatic rings. The fraction of sp³-hybridized carbons (Fsp3) is 0.667. The Bertz CT molecular complexity index is 215. The maximum absolute atomic E-state index is 10.7. The molecule has 0 saturated carbocycles. The number of allylic oxidation sites excluding steroid dienone is 1. The van der Waals surface area contributed by atoms with Crippen LogP contribution in [0, 0.1) is 0 Å². The van der Waals surface area contributed by atoms with E-state index >= 15 is 0 Å². The molecule has 0 spiro atoms. The summed E-state index contributed by atoms with van der Waals surface area (Å²) in [7, 11) is 0. The van der Waals surface area contributed by atoms with Crippen LogP contribution in [0.25, 0.3) is 0 Å². The van der Waals surface area contributed by atoms with Crippen molar-refractivity contribution < 1.29 is 9.09 Å². The molecule has 6 heteroatoms. The summed E-state index contributed by atoms with van der Waals surface area (Å²) >= 11 is 16.1. The molecular weight excluding hydrogens is 241 g/mol. The predicted octanol–water partition coefficient (Wildman–Crippen LogP) is 4.51. The van der Waals surface area contributed by atoms with Gasteiger partial charge in [0.2, 0.25) is 0 Å². The molecule has 72 valence electrons. The molecule has 0 rings (SSSR count). The van der Waals surface area contributed by atoms with Crippen molar-refractivity contribution in [3.05, 3.63) is 12.3 Å². The standard InChI is InChI=1S/C6H10Cl3O2P/c1-5(4-6(2,3)7)11-12(8,9)10/h1,4H2,2-3H3. The Balaban J connectivity index is 4.01. The lowest BCUT2D eigenvalue weighted by Gasteiger charge is -2.17. The molecule has 0 radical (unpaired) electrons. The van der Waals surface area contributed by atoms with Gasteiger partial charge in [0.05, 0.1) is 0 Å². The van der Waals surface area contributed by atoms with Gasteiger partial charge in [0.15, 0.2) is 0 Å². The van der Waals surface area contributed by atoms with Gasteiger partial charge in [0.25, 0.3) is 0 Å². The summed E-state index contributed by atoms with van der Waals surface area (Å²) in [6.07, 6.45) is -3.18. The van der Waals surface area contributed by atoms with Gasteiger partial charge in [0, 0.05) is 33.8 Å². The minimum absolute atomic E-state index is 0.225. The molecule has 0 atom stereocenters. The van der Waals surface area contributed by atoms with Gasteiger partial charge in [-0.05, 0) is 13.8 Å². The average Bonchev–Trinajstić information content (AvgIpc) is 1.49. The van der Waals surface area contributed by atoms with E-state index in [1.54, 1.807) is 13.8 Å². The van der Waals surface area contributed by atoms with Crippen molar-refractivity contribution in [3.63, 3.8) is 0 Å². The molecule has 0 aromatic rings. The number of rotatable bonds is 4. The van der Waals surface area contributed by atoms with Gasteiger partial charge in [-0.2, -0.15) is 0 Å². The summed E-state index contributed by atoms with van der Waals surface area (Å²) in [5.74, 6) is 0.225. The highest BCUT2D eigenvalue weighted by Gasteiger charge is 2.21. The van der Waals surface area contributed by atoms with Gasteiger partial charge in [-0.3, -0.25) is 0 Å². The Morgan fingerprint density at radius 3 is 2.25 bits per heavy atom. The Morgan fingerprint density at radius 1 is 1.58 bits per heavy atom. The van der Waals surface area contributed by atoms with Gasteiger partial charge in [-0.1, -0.05) is 6.58 Å². The van der Waals surface area contributed by atoms with Gasteiger partial charge in [-0.15, -0.1) is 11.6 Å². The molecule has 0 fully saturated rings. The Labute approximate surface area is 86.9 Å². The zero-order chi connectivity index (χ0) is 9.99. The van der Waals surface area contributed by atoms with Crippen LogP contribution in [0.3, 0.4) is 0 Å². The van der Waals surface area contributed by atoms with Crippen molar-refractivity contribution in [1.82, 2.24) is 0 Å². The topological polar surface area (TPSA) is 26.3 Å². The molecule has 12 heavy (non-hydrogen) atoms. The number of hydrogen-bond donors (Lipinski definition) is 0. The van der Waals surface area contributed by atoms with Crippen LogP contribution in [0.1, 0.15) is 20.3 Å². The zero-order valence-corrected chi connectivity index (χ0v) is 9.97. The highest BCUT2D eigenvalue weighted by atomic mass is 35.9. The van der Waals surface area contributed by atoms with Gasteiger partial charge >= 0.3 is 6.07 Å². The lowest BCUT2D eigenvalue weighted by molar-refractivity contribution is 0.399. The molecule has 0 bridgehead atoms. The maximum Gasteiger partial charge on any atom is 0.427 e. The number of hydrogen-bond acceptors (Lipinski definition) is 2. The fourth-order valence-electron chi connectivity index (χ4n) is 0.651. The van der Waals surface area contributed by atoms with Crippen molar-refractivity contribution >= 4 is 40.2 Å². The number of halogens is 3. The summed E-state index contributed by atoms with van der Waals surface area (Å²) in [6.45, 7) is 7.03. The summed E-state index contributed by atoms with van der Waals surface area (Å²) in [4.78, 5) is -0.500. The third-order valence-electron chi connectivity index (χ3n) is 0.853. The van der Waals surface area contributed by atoms with Crippen LogP contribution in [0.15, 0.2) is 12.3 Å². The first kappa shape index (κ1) is 12.6. The summed E-state index contributed by atoms with van der Waals surface area (Å²) in [5.41, 5.74) is 0. The highest BCUT2D eigenvalue weighted by Crippen LogP contribution is 2.59. The molecular formula is C6H10Cl3O2P. The van der Waals surface area contributed by atoms with E-state index in [0.717, 1.165) is 0 Å². The summed E-state index contributed by atoms with van der Waals surface area (Å²) < 4.78 is 15.3. The van der Waals surface area contributed by atoms with E-state index in [1.807, 2.05) is 0 Å². The minimum atomic E-state index is -3.52. The number of alkyl halides is 1. The van der Waals surface area contributed by atoms with Crippen LogP contribution in [0.5, 0.6) is 0 Å². The third-order valence-corrected chi connectivity index (χ3v) is 1.87. The predicted molar refractivity (Wildman–Crippen MR) is 54.1 cm³/mol. The first-order valence-corrected chi connectivity index (χ1v) is 6.97. The lowest BCUT2D eigenvalue weighted by atomic mass is 10.1. The van der Waals surface area contributed by atoms with Crippen LogP contribution < -0.4 is 0 Å². The van der Waals surface area contributed by atoms with Crippen LogP contribution in [-0.4, -0.2) is 4.87 Å². The lowest BCUT2D eigenvalue weighted by Crippen LogP contribution is -2.10. The molecule has 0 unspecified atom stereocenters. The van der Waals surface area contributed by atoms with Crippen LogP contribution in [-0.2, 0) is 9.09 Å². The minimum Gasteiger partial charge on any atom is -0.427 e. The smallest absolute Gasteiger partial charge is 0.427 e. The van der Waals surface area contributed by atoms with E-state index in [0.29, 0.717) is 6.42 Å². The largest absolute Gasteiger partial charge is 0.427 e. The van der Waals surface area contributed by atoms with Crippen molar-refractivity contribution in [2.24, 2.45) is 0 Å². The second-order valence-corrected chi connectivity index (χ2v) is 8.16. The molecule has 0 aliphatic carbocycles. The van der Waals surface area contributed by atoms with Crippen molar-refractivity contribution in [1.29, 1.82) is 0 Å². The molecule has 2 nitrogen and oxygen atoms in total. The van der Waals surface area contributed by atoms with E-state index in [4.69, 9.17) is 34.1 Å². The average molecular weight is 251 g/mol. The monoisotopic (exact) mass is 250 g/mol. The highest BCUT2D eigenvalue weighted by molar-refractivity contribution is 8.05. The molecule has 0 heterocycles. The van der Waals surface area contributed by atoms with Crippen LogP contribution in [0.4, 0.5) is 0 Å². The second kappa shape index (κ2) is 4.23. The molecule has 0 N–H and O–H groups in total. The SMILES string of the molecule is C=C(CC(C)(C)Cl)OP(=O)(Cl)Cl. The molecule has 0 aromatic heterocycles. The molecule has 0 aliphatic heterocycles.